The van der Waals surface area contributed by atoms with Crippen LogP contribution in [0.15, 0.2) is 42.5 Å². The van der Waals surface area contributed by atoms with E-state index in [0.717, 1.165) is 6.07 Å². The van der Waals surface area contributed by atoms with Gasteiger partial charge < -0.3 is 5.11 Å². The van der Waals surface area contributed by atoms with Gasteiger partial charge in [-0.25, -0.2) is 9.18 Å². The Kier molecular flexibility index (Phi) is 3.11. The highest BCUT2D eigenvalue weighted by atomic mass is 35.5. The molecule has 2 rings (SSSR count). The second kappa shape index (κ2) is 4.55. The van der Waals surface area contributed by atoms with Crippen LogP contribution >= 0.6 is 11.6 Å². The van der Waals surface area contributed by atoms with E-state index in [1.807, 2.05) is 0 Å². The second-order valence-electron chi connectivity index (χ2n) is 3.48. The summed E-state index contributed by atoms with van der Waals surface area (Å²) >= 11 is 5.95. The molecule has 0 aliphatic rings. The van der Waals surface area contributed by atoms with Crippen molar-refractivity contribution in [3.8, 4) is 11.1 Å². The molecule has 0 saturated heterocycles. The van der Waals surface area contributed by atoms with Crippen molar-refractivity contribution < 1.29 is 14.3 Å². The Morgan fingerprint density at radius 2 is 1.82 bits per heavy atom. The lowest BCUT2D eigenvalue weighted by Crippen LogP contribution is -1.97. The van der Waals surface area contributed by atoms with E-state index < -0.39 is 11.8 Å². The average Bonchev–Trinajstić information content (AvgIpc) is 2.30. The van der Waals surface area contributed by atoms with E-state index >= 15 is 0 Å². The molecule has 2 aromatic rings. The molecule has 4 heteroatoms. The summed E-state index contributed by atoms with van der Waals surface area (Å²) in [4.78, 5) is 10.8. The minimum atomic E-state index is -1.10. The molecule has 0 aromatic heterocycles. The fraction of sp³-hybridized carbons (Fsp3) is 0. The summed E-state index contributed by atoms with van der Waals surface area (Å²) in [5, 5.41) is 9.24. The summed E-state index contributed by atoms with van der Waals surface area (Å²) in [6.45, 7) is 0. The van der Waals surface area contributed by atoms with E-state index in [4.69, 9.17) is 16.7 Å². The lowest BCUT2D eigenvalue weighted by atomic mass is 10.0. The zero-order valence-electron chi connectivity index (χ0n) is 8.65. The molecule has 0 fully saturated rings. The van der Waals surface area contributed by atoms with Gasteiger partial charge in [-0.1, -0.05) is 29.8 Å². The molecule has 2 nitrogen and oxygen atoms in total. The maximum Gasteiger partial charge on any atom is 0.335 e. The van der Waals surface area contributed by atoms with Gasteiger partial charge >= 0.3 is 5.97 Å². The van der Waals surface area contributed by atoms with Crippen molar-refractivity contribution in [1.82, 2.24) is 0 Å². The molecule has 0 unspecified atom stereocenters. The largest absolute Gasteiger partial charge is 0.478 e. The number of benzene rings is 2. The third kappa shape index (κ3) is 2.29. The average molecular weight is 251 g/mol. The summed E-state index contributed by atoms with van der Waals surface area (Å²) < 4.78 is 13.6. The van der Waals surface area contributed by atoms with Crippen molar-refractivity contribution in [2.75, 3.05) is 0 Å². The van der Waals surface area contributed by atoms with Gasteiger partial charge in [0.15, 0.2) is 0 Å². The minimum Gasteiger partial charge on any atom is -0.478 e. The highest BCUT2D eigenvalue weighted by molar-refractivity contribution is 6.33. The number of hydrogen-bond donors (Lipinski definition) is 1. The highest BCUT2D eigenvalue weighted by Gasteiger charge is 2.12. The van der Waals surface area contributed by atoms with E-state index in [9.17, 15) is 9.18 Å². The molecule has 17 heavy (non-hydrogen) atoms. The van der Waals surface area contributed by atoms with Crippen molar-refractivity contribution in [3.63, 3.8) is 0 Å². The van der Waals surface area contributed by atoms with Crippen LogP contribution in [0.25, 0.3) is 11.1 Å². The topological polar surface area (TPSA) is 37.3 Å². The Morgan fingerprint density at radius 1 is 1.12 bits per heavy atom. The lowest BCUT2D eigenvalue weighted by Gasteiger charge is -2.06. The maximum atomic E-state index is 13.6. The molecule has 0 spiro atoms. The second-order valence-corrected chi connectivity index (χ2v) is 3.89. The van der Waals surface area contributed by atoms with Gasteiger partial charge in [-0.05, 0) is 24.3 Å². The fourth-order valence-electron chi connectivity index (χ4n) is 1.54. The van der Waals surface area contributed by atoms with Crippen molar-refractivity contribution in [2.24, 2.45) is 0 Å². The van der Waals surface area contributed by atoms with Crippen molar-refractivity contribution >= 4 is 17.6 Å². The molecule has 0 saturated carbocycles. The molecule has 0 aliphatic carbocycles. The first-order valence-corrected chi connectivity index (χ1v) is 5.25. The number of carbonyl (C=O) groups is 1. The lowest BCUT2D eigenvalue weighted by molar-refractivity contribution is 0.0697. The number of hydrogen-bond acceptors (Lipinski definition) is 1. The van der Waals surface area contributed by atoms with Crippen molar-refractivity contribution in [3.05, 3.63) is 58.9 Å². The van der Waals surface area contributed by atoms with Crippen LogP contribution < -0.4 is 0 Å². The zero-order chi connectivity index (χ0) is 12.4. The van der Waals surface area contributed by atoms with Gasteiger partial charge in [0.25, 0.3) is 0 Å². The first-order chi connectivity index (χ1) is 8.09. The summed E-state index contributed by atoms with van der Waals surface area (Å²) in [5.41, 5.74) is 0.701. The van der Waals surface area contributed by atoms with E-state index in [2.05, 4.69) is 0 Å². The fourth-order valence-corrected chi connectivity index (χ4v) is 1.78. The SMILES string of the molecule is O=C(O)c1ccc(F)c(-c2ccccc2Cl)c1. The van der Waals surface area contributed by atoms with Gasteiger partial charge in [-0.15, -0.1) is 0 Å². The van der Waals surface area contributed by atoms with Gasteiger partial charge in [0.2, 0.25) is 0 Å². The summed E-state index contributed by atoms with van der Waals surface area (Å²) in [6.07, 6.45) is 0. The summed E-state index contributed by atoms with van der Waals surface area (Å²) in [7, 11) is 0. The Labute approximate surface area is 102 Å². The van der Waals surface area contributed by atoms with Crippen LogP contribution in [-0.4, -0.2) is 11.1 Å². The van der Waals surface area contributed by atoms with E-state index in [0.29, 0.717) is 10.6 Å². The first-order valence-electron chi connectivity index (χ1n) is 4.87. The number of aromatic carboxylic acids is 1. The van der Waals surface area contributed by atoms with Crippen LogP contribution in [0, 0.1) is 5.82 Å². The maximum absolute atomic E-state index is 13.6. The Morgan fingerprint density at radius 3 is 2.47 bits per heavy atom. The Hall–Kier alpha value is -1.87. The van der Waals surface area contributed by atoms with Crippen LogP contribution in [-0.2, 0) is 0 Å². The molecule has 86 valence electrons. The Balaban J connectivity index is 2.63. The molecule has 0 amide bonds. The standard InChI is InChI=1S/C13H8ClFO2/c14-11-4-2-1-3-9(11)10-7-8(13(16)17)5-6-12(10)15/h1-7H,(H,16,17). The van der Waals surface area contributed by atoms with Crippen molar-refractivity contribution in [2.45, 2.75) is 0 Å². The highest BCUT2D eigenvalue weighted by Crippen LogP contribution is 2.30. The van der Waals surface area contributed by atoms with Crippen LogP contribution in [0.1, 0.15) is 10.4 Å². The summed E-state index contributed by atoms with van der Waals surface area (Å²) in [6, 6.07) is 10.3. The smallest absolute Gasteiger partial charge is 0.335 e. The molecule has 1 N–H and O–H groups in total. The predicted octanol–water partition coefficient (Wildman–Crippen LogP) is 3.84. The van der Waals surface area contributed by atoms with Crippen LogP contribution in [0.5, 0.6) is 0 Å². The molecule has 0 atom stereocenters. The minimum absolute atomic E-state index is 0.0290. The molecule has 2 aromatic carbocycles. The summed E-state index contributed by atoms with van der Waals surface area (Å²) in [5.74, 6) is -1.60. The normalized spacial score (nSPS) is 10.2. The van der Waals surface area contributed by atoms with E-state index in [1.54, 1.807) is 24.3 Å². The quantitative estimate of drug-likeness (QED) is 0.879. The number of carboxylic acid groups (broad SMARTS) is 1. The zero-order valence-corrected chi connectivity index (χ0v) is 9.41. The van der Waals surface area contributed by atoms with Crippen LogP contribution in [0.2, 0.25) is 5.02 Å². The number of halogens is 2. The number of carboxylic acids is 1. The molecule has 0 bridgehead atoms. The molecule has 0 heterocycles. The first kappa shape index (κ1) is 11.6. The Bertz CT molecular complexity index is 581. The van der Waals surface area contributed by atoms with Crippen LogP contribution in [0.4, 0.5) is 4.39 Å². The monoisotopic (exact) mass is 250 g/mol. The van der Waals surface area contributed by atoms with Gasteiger partial charge in [0, 0.05) is 16.1 Å². The molecular formula is C13H8ClFO2. The van der Waals surface area contributed by atoms with E-state index in [-0.39, 0.29) is 11.1 Å². The molecular weight excluding hydrogens is 243 g/mol. The van der Waals surface area contributed by atoms with Crippen molar-refractivity contribution in [1.29, 1.82) is 0 Å². The third-order valence-corrected chi connectivity index (χ3v) is 2.71. The predicted molar refractivity (Wildman–Crippen MR) is 63.8 cm³/mol. The van der Waals surface area contributed by atoms with Gasteiger partial charge in [-0.3, -0.25) is 0 Å². The molecule has 0 radical (unpaired) electrons. The third-order valence-electron chi connectivity index (χ3n) is 2.38. The number of rotatable bonds is 2. The van der Waals surface area contributed by atoms with Gasteiger partial charge in [0.1, 0.15) is 5.82 Å². The van der Waals surface area contributed by atoms with Gasteiger partial charge in [0.05, 0.1) is 5.56 Å². The van der Waals surface area contributed by atoms with Crippen LogP contribution in [0.3, 0.4) is 0 Å². The van der Waals surface area contributed by atoms with E-state index in [1.165, 1.54) is 12.1 Å². The molecule has 0 aliphatic heterocycles. The van der Waals surface area contributed by atoms with Gasteiger partial charge in [-0.2, -0.15) is 0 Å².